The van der Waals surface area contributed by atoms with Gasteiger partial charge in [0.05, 0.1) is 25.9 Å². The zero-order valence-corrected chi connectivity index (χ0v) is 29.5. The molecule has 0 atom stereocenters. The Morgan fingerprint density at radius 3 is 1.26 bits per heavy atom. The second kappa shape index (κ2) is 15.7. The van der Waals surface area contributed by atoms with E-state index in [2.05, 4.69) is 103 Å². The lowest BCUT2D eigenvalue weighted by atomic mass is 9.86. The number of hydrogen-bond donors (Lipinski definition) is 2. The predicted molar refractivity (Wildman–Crippen MR) is 210 cm³/mol. The molecule has 4 aromatic carbocycles. The van der Waals surface area contributed by atoms with E-state index in [1.165, 1.54) is 12.7 Å². The topological polar surface area (TPSA) is 158 Å². The molecule has 0 aliphatic carbocycles. The number of benzene rings is 4. The van der Waals surface area contributed by atoms with Crippen molar-refractivity contribution in [2.75, 3.05) is 24.7 Å². The standard InChI is InChI=1S/C42H38N10O2/c43-39-37-41(47-25-45-39)51(27-49-37)21-7-23-53-33-17-13-31(14-18-33)36(35(29-9-3-1-4-10-29)30-11-5-2-6-12-30)32-15-19-34(20-16-32)54-24-8-22-52-28-50-38-40(44)46-26-48-42(38)52/h1-6,9-20,25-28H,7-8,21-24H2,(H2,43,45,47)(H2,44,46,48). The van der Waals surface area contributed by atoms with Crippen LogP contribution in [0.2, 0.25) is 0 Å². The quantitative estimate of drug-likeness (QED) is 0.0881. The highest BCUT2D eigenvalue weighted by Gasteiger charge is 2.17. The van der Waals surface area contributed by atoms with Gasteiger partial charge in [0, 0.05) is 13.1 Å². The van der Waals surface area contributed by atoms with E-state index in [1.807, 2.05) is 45.5 Å². The molecule has 8 aromatic rings. The highest BCUT2D eigenvalue weighted by Crippen LogP contribution is 2.38. The molecule has 0 unspecified atom stereocenters. The summed E-state index contributed by atoms with van der Waals surface area (Å²) in [5, 5.41) is 0. The molecule has 8 rings (SSSR count). The number of nitrogens with two attached hydrogens (primary N) is 2. The summed E-state index contributed by atoms with van der Waals surface area (Å²) in [6.07, 6.45) is 7.95. The van der Waals surface area contributed by atoms with Crippen LogP contribution in [0.3, 0.4) is 0 Å². The van der Waals surface area contributed by atoms with Gasteiger partial charge in [-0.15, -0.1) is 0 Å². The first-order valence-corrected chi connectivity index (χ1v) is 17.8. The third-order valence-corrected chi connectivity index (χ3v) is 9.14. The molecule has 54 heavy (non-hydrogen) atoms. The third-order valence-electron chi connectivity index (χ3n) is 9.14. The Kier molecular flexibility index (Phi) is 9.87. The molecule has 12 nitrogen and oxygen atoms in total. The van der Waals surface area contributed by atoms with E-state index in [-0.39, 0.29) is 0 Å². The van der Waals surface area contributed by atoms with Gasteiger partial charge < -0.3 is 30.1 Å². The van der Waals surface area contributed by atoms with Crippen molar-refractivity contribution >= 4 is 45.1 Å². The Bertz CT molecular complexity index is 2340. The van der Waals surface area contributed by atoms with E-state index in [0.717, 1.165) is 69.0 Å². The van der Waals surface area contributed by atoms with E-state index in [1.54, 1.807) is 12.7 Å². The van der Waals surface area contributed by atoms with Crippen molar-refractivity contribution in [3.05, 3.63) is 157 Å². The van der Waals surface area contributed by atoms with Crippen LogP contribution in [0.25, 0.3) is 33.5 Å². The summed E-state index contributed by atoms with van der Waals surface area (Å²) in [7, 11) is 0. The lowest BCUT2D eigenvalue weighted by Crippen LogP contribution is -2.05. The summed E-state index contributed by atoms with van der Waals surface area (Å²) in [5.41, 5.74) is 21.2. The molecule has 0 aliphatic rings. The first kappa shape index (κ1) is 34.0. The fourth-order valence-corrected chi connectivity index (χ4v) is 6.53. The maximum Gasteiger partial charge on any atom is 0.165 e. The van der Waals surface area contributed by atoms with Gasteiger partial charge in [0.2, 0.25) is 0 Å². The van der Waals surface area contributed by atoms with Crippen LogP contribution in [0.5, 0.6) is 11.5 Å². The summed E-state index contributed by atoms with van der Waals surface area (Å²) in [6.45, 7) is 2.46. The van der Waals surface area contributed by atoms with Crippen LogP contribution >= 0.6 is 0 Å². The maximum absolute atomic E-state index is 6.18. The Morgan fingerprint density at radius 2 is 0.852 bits per heavy atom. The highest BCUT2D eigenvalue weighted by atomic mass is 16.5. The molecule has 4 aromatic heterocycles. The minimum absolute atomic E-state index is 0.380. The molecule has 0 saturated carbocycles. The number of aromatic nitrogens is 8. The molecular formula is C42H38N10O2. The summed E-state index contributed by atoms with van der Waals surface area (Å²) in [4.78, 5) is 25.4. The average Bonchev–Trinajstić information content (AvgIpc) is 3.84. The van der Waals surface area contributed by atoms with Crippen molar-refractivity contribution in [3.63, 3.8) is 0 Å². The summed E-state index contributed by atoms with van der Waals surface area (Å²) < 4.78 is 16.3. The Balaban J connectivity index is 1.01. The summed E-state index contributed by atoms with van der Waals surface area (Å²) in [6, 6.07) is 37.7. The van der Waals surface area contributed by atoms with Gasteiger partial charge in [0.1, 0.15) is 35.2 Å². The van der Waals surface area contributed by atoms with Crippen molar-refractivity contribution < 1.29 is 9.47 Å². The van der Waals surface area contributed by atoms with Crippen molar-refractivity contribution in [1.82, 2.24) is 39.0 Å². The molecule has 0 fully saturated rings. The first-order chi connectivity index (χ1) is 26.6. The van der Waals surface area contributed by atoms with Crippen LogP contribution in [0.1, 0.15) is 35.1 Å². The number of nitrogen functional groups attached to an aromatic ring is 2. The second-order valence-corrected chi connectivity index (χ2v) is 12.7. The number of imidazole rings is 2. The van der Waals surface area contributed by atoms with Gasteiger partial charge in [-0.25, -0.2) is 29.9 Å². The smallest absolute Gasteiger partial charge is 0.165 e. The molecular weight excluding hydrogens is 677 g/mol. The van der Waals surface area contributed by atoms with Crippen molar-refractivity contribution in [2.45, 2.75) is 25.9 Å². The van der Waals surface area contributed by atoms with E-state index in [0.29, 0.717) is 49.0 Å². The molecule has 0 saturated heterocycles. The molecule has 0 amide bonds. The highest BCUT2D eigenvalue weighted by molar-refractivity contribution is 6.04. The van der Waals surface area contributed by atoms with Crippen LogP contribution in [-0.4, -0.2) is 52.3 Å². The Hall–Kier alpha value is -7.08. The number of nitrogens with zero attached hydrogens (tertiary/aromatic N) is 8. The van der Waals surface area contributed by atoms with Crippen LogP contribution in [-0.2, 0) is 13.1 Å². The zero-order valence-electron chi connectivity index (χ0n) is 29.5. The predicted octanol–water partition coefficient (Wildman–Crippen LogP) is 7.08. The molecule has 0 spiro atoms. The normalized spacial score (nSPS) is 11.2. The molecule has 0 bridgehead atoms. The molecule has 4 N–H and O–H groups in total. The van der Waals surface area contributed by atoms with Gasteiger partial charge in [0.15, 0.2) is 22.9 Å². The van der Waals surface area contributed by atoms with Crippen molar-refractivity contribution in [1.29, 1.82) is 0 Å². The van der Waals surface area contributed by atoms with Gasteiger partial charge in [-0.05, 0) is 70.5 Å². The van der Waals surface area contributed by atoms with Gasteiger partial charge in [0.25, 0.3) is 0 Å². The summed E-state index contributed by atoms with van der Waals surface area (Å²) >= 11 is 0. The summed E-state index contributed by atoms with van der Waals surface area (Å²) in [5.74, 6) is 2.35. The number of anilines is 2. The van der Waals surface area contributed by atoms with Crippen LogP contribution in [0.4, 0.5) is 11.6 Å². The van der Waals surface area contributed by atoms with E-state index in [9.17, 15) is 0 Å². The van der Waals surface area contributed by atoms with Crippen LogP contribution < -0.4 is 20.9 Å². The van der Waals surface area contributed by atoms with E-state index in [4.69, 9.17) is 20.9 Å². The monoisotopic (exact) mass is 714 g/mol. The minimum atomic E-state index is 0.380. The number of ether oxygens (including phenoxy) is 2. The Labute approximate surface area is 311 Å². The van der Waals surface area contributed by atoms with Gasteiger partial charge in [-0.1, -0.05) is 84.9 Å². The average molecular weight is 715 g/mol. The first-order valence-electron chi connectivity index (χ1n) is 17.8. The number of aryl methyl sites for hydroxylation is 2. The lowest BCUT2D eigenvalue weighted by molar-refractivity contribution is 0.302. The van der Waals surface area contributed by atoms with Crippen molar-refractivity contribution in [3.8, 4) is 11.5 Å². The SMILES string of the molecule is Nc1ncnc2c1ncn2CCCOc1ccc(C(=C(c2ccccc2)c2ccccc2)c2ccc(OCCCn3cnc4c(N)ncnc43)cc2)cc1. The van der Waals surface area contributed by atoms with Crippen LogP contribution in [0.15, 0.2) is 135 Å². The molecule has 0 aliphatic heterocycles. The zero-order chi connectivity index (χ0) is 36.7. The fourth-order valence-electron chi connectivity index (χ4n) is 6.53. The number of hydrogen-bond acceptors (Lipinski definition) is 10. The van der Waals surface area contributed by atoms with Crippen molar-refractivity contribution in [2.24, 2.45) is 0 Å². The molecule has 4 heterocycles. The lowest BCUT2D eigenvalue weighted by Gasteiger charge is -2.19. The number of fused-ring (bicyclic) bond motifs is 2. The van der Waals surface area contributed by atoms with Gasteiger partial charge in [-0.2, -0.15) is 0 Å². The molecule has 0 radical (unpaired) electrons. The van der Waals surface area contributed by atoms with E-state index >= 15 is 0 Å². The second-order valence-electron chi connectivity index (χ2n) is 12.7. The number of rotatable bonds is 14. The largest absolute Gasteiger partial charge is 0.494 e. The minimum Gasteiger partial charge on any atom is -0.494 e. The van der Waals surface area contributed by atoms with Crippen LogP contribution in [0, 0.1) is 0 Å². The fraction of sp³-hybridized carbons (Fsp3) is 0.143. The molecule has 12 heteroatoms. The maximum atomic E-state index is 6.18. The molecule has 268 valence electrons. The van der Waals surface area contributed by atoms with E-state index < -0.39 is 0 Å². The Morgan fingerprint density at radius 1 is 0.463 bits per heavy atom. The van der Waals surface area contributed by atoms with Gasteiger partial charge in [-0.3, -0.25) is 0 Å². The third kappa shape index (κ3) is 7.30. The van der Waals surface area contributed by atoms with Gasteiger partial charge >= 0.3 is 0 Å².